The normalized spacial score (nSPS) is 19.4. The highest BCUT2D eigenvalue weighted by Crippen LogP contribution is 2.50. The summed E-state index contributed by atoms with van der Waals surface area (Å²) in [5, 5.41) is 9.85. The summed E-state index contributed by atoms with van der Waals surface area (Å²) in [5.41, 5.74) is 8.51. The summed E-state index contributed by atoms with van der Waals surface area (Å²) >= 11 is 0. The fraction of sp³-hybridized carbons (Fsp3) is 0.571. The monoisotopic (exact) mass is 234 g/mol. The Bertz CT molecular complexity index is 409. The number of hydrogen-bond donors (Lipinski definition) is 2. The average molecular weight is 234 g/mol. The lowest BCUT2D eigenvalue weighted by molar-refractivity contribution is 0.385. The number of nitrogens with two attached hydrogens (primary N) is 1. The second-order valence-electron chi connectivity index (χ2n) is 5.53. The standard InChI is InChI=1S/C14H22N2O/c1-10(15)14(6-7-14)12-4-5-13(17)11(8-12)9-16(2)3/h4-5,8,10,17H,6-7,9,15H2,1-3H3. The molecular formula is C14H22N2O. The molecule has 0 radical (unpaired) electrons. The number of rotatable bonds is 4. The molecule has 17 heavy (non-hydrogen) atoms. The first-order valence-corrected chi connectivity index (χ1v) is 6.18. The van der Waals surface area contributed by atoms with Gasteiger partial charge >= 0.3 is 0 Å². The third-order valence-electron chi connectivity index (χ3n) is 3.80. The molecule has 0 heterocycles. The Morgan fingerprint density at radius 1 is 1.41 bits per heavy atom. The number of nitrogens with zero attached hydrogens (tertiary/aromatic N) is 1. The number of aromatic hydroxyl groups is 1. The number of phenols is 1. The largest absolute Gasteiger partial charge is 0.508 e. The van der Waals surface area contributed by atoms with Crippen molar-refractivity contribution in [2.24, 2.45) is 5.73 Å². The van der Waals surface area contributed by atoms with Gasteiger partial charge in [-0.2, -0.15) is 0 Å². The molecule has 0 bridgehead atoms. The zero-order chi connectivity index (χ0) is 12.6. The van der Waals surface area contributed by atoms with Gasteiger partial charge in [0.15, 0.2) is 0 Å². The SMILES string of the molecule is CC(N)C1(c2ccc(O)c(CN(C)C)c2)CC1. The third-order valence-corrected chi connectivity index (χ3v) is 3.80. The van der Waals surface area contributed by atoms with Crippen molar-refractivity contribution in [2.75, 3.05) is 14.1 Å². The quantitative estimate of drug-likeness (QED) is 0.835. The van der Waals surface area contributed by atoms with Gasteiger partial charge in [-0.3, -0.25) is 0 Å². The molecule has 1 aromatic rings. The molecule has 0 spiro atoms. The molecule has 3 N–H and O–H groups in total. The van der Waals surface area contributed by atoms with Crippen LogP contribution in [0.25, 0.3) is 0 Å². The Morgan fingerprint density at radius 2 is 2.06 bits per heavy atom. The van der Waals surface area contributed by atoms with Crippen LogP contribution in [0.4, 0.5) is 0 Å². The smallest absolute Gasteiger partial charge is 0.120 e. The van der Waals surface area contributed by atoms with Crippen molar-refractivity contribution < 1.29 is 5.11 Å². The molecule has 1 aliphatic carbocycles. The Balaban J connectivity index is 2.31. The van der Waals surface area contributed by atoms with Crippen molar-refractivity contribution >= 4 is 0 Å². The molecular weight excluding hydrogens is 212 g/mol. The minimum atomic E-state index is 0.161. The summed E-state index contributed by atoms with van der Waals surface area (Å²) in [7, 11) is 4.01. The second-order valence-corrected chi connectivity index (χ2v) is 5.53. The highest BCUT2D eigenvalue weighted by Gasteiger charge is 2.47. The lowest BCUT2D eigenvalue weighted by Gasteiger charge is -2.22. The fourth-order valence-corrected chi connectivity index (χ4v) is 2.50. The van der Waals surface area contributed by atoms with Crippen molar-refractivity contribution in [2.45, 2.75) is 37.8 Å². The van der Waals surface area contributed by atoms with Gasteiger partial charge in [-0.15, -0.1) is 0 Å². The molecule has 1 aromatic carbocycles. The van der Waals surface area contributed by atoms with E-state index in [2.05, 4.69) is 17.9 Å². The topological polar surface area (TPSA) is 49.5 Å². The minimum absolute atomic E-state index is 0.161. The zero-order valence-electron chi connectivity index (χ0n) is 10.9. The molecule has 0 amide bonds. The van der Waals surface area contributed by atoms with E-state index in [-0.39, 0.29) is 11.5 Å². The van der Waals surface area contributed by atoms with Gasteiger partial charge in [0.25, 0.3) is 0 Å². The molecule has 1 fully saturated rings. The van der Waals surface area contributed by atoms with Crippen molar-refractivity contribution in [1.82, 2.24) is 4.90 Å². The molecule has 1 aliphatic rings. The maximum Gasteiger partial charge on any atom is 0.120 e. The van der Waals surface area contributed by atoms with Gasteiger partial charge in [-0.05, 0) is 45.5 Å². The zero-order valence-corrected chi connectivity index (χ0v) is 10.9. The predicted molar refractivity (Wildman–Crippen MR) is 70.1 cm³/mol. The van der Waals surface area contributed by atoms with E-state index in [0.29, 0.717) is 5.75 Å². The lowest BCUT2D eigenvalue weighted by Crippen LogP contribution is -2.31. The molecule has 0 aliphatic heterocycles. The molecule has 1 atom stereocenters. The van der Waals surface area contributed by atoms with Gasteiger partial charge in [0.05, 0.1) is 0 Å². The summed E-state index contributed by atoms with van der Waals surface area (Å²) in [6, 6.07) is 6.12. The van der Waals surface area contributed by atoms with Crippen LogP contribution >= 0.6 is 0 Å². The van der Waals surface area contributed by atoms with Gasteiger partial charge in [0, 0.05) is 23.6 Å². The van der Waals surface area contributed by atoms with Gasteiger partial charge in [-0.25, -0.2) is 0 Å². The van der Waals surface area contributed by atoms with Crippen LogP contribution in [0.3, 0.4) is 0 Å². The molecule has 3 heteroatoms. The molecule has 0 saturated heterocycles. The van der Waals surface area contributed by atoms with E-state index in [1.54, 1.807) is 6.07 Å². The van der Waals surface area contributed by atoms with Crippen molar-refractivity contribution in [3.05, 3.63) is 29.3 Å². The van der Waals surface area contributed by atoms with Crippen LogP contribution in [0.5, 0.6) is 5.75 Å². The van der Waals surface area contributed by atoms with Crippen molar-refractivity contribution in [3.63, 3.8) is 0 Å². The Kier molecular flexibility index (Phi) is 3.15. The van der Waals surface area contributed by atoms with Gasteiger partial charge in [0.1, 0.15) is 5.75 Å². The summed E-state index contributed by atoms with van der Waals surface area (Å²) in [6.07, 6.45) is 2.33. The van der Waals surface area contributed by atoms with E-state index in [1.807, 2.05) is 20.2 Å². The number of hydrogen-bond acceptors (Lipinski definition) is 3. The third kappa shape index (κ3) is 2.31. The van der Waals surface area contributed by atoms with Crippen LogP contribution < -0.4 is 5.73 Å². The average Bonchev–Trinajstić information content (AvgIpc) is 3.01. The first-order chi connectivity index (χ1) is 7.95. The number of phenolic OH excluding ortho intramolecular Hbond substituents is 1. The molecule has 2 rings (SSSR count). The summed E-state index contributed by atoms with van der Waals surface area (Å²) in [5.74, 6) is 0.378. The summed E-state index contributed by atoms with van der Waals surface area (Å²) < 4.78 is 0. The fourth-order valence-electron chi connectivity index (χ4n) is 2.50. The lowest BCUT2D eigenvalue weighted by atomic mass is 9.88. The first-order valence-electron chi connectivity index (χ1n) is 6.18. The van der Waals surface area contributed by atoms with E-state index in [0.717, 1.165) is 24.9 Å². The first kappa shape index (κ1) is 12.4. The van der Waals surface area contributed by atoms with Gasteiger partial charge in [-0.1, -0.05) is 12.1 Å². The van der Waals surface area contributed by atoms with Gasteiger partial charge < -0.3 is 15.7 Å². The molecule has 3 nitrogen and oxygen atoms in total. The van der Waals surface area contributed by atoms with E-state index < -0.39 is 0 Å². The van der Waals surface area contributed by atoms with E-state index >= 15 is 0 Å². The van der Waals surface area contributed by atoms with Crippen LogP contribution in [-0.4, -0.2) is 30.1 Å². The van der Waals surface area contributed by atoms with Crippen LogP contribution in [0, 0.1) is 0 Å². The molecule has 1 unspecified atom stereocenters. The van der Waals surface area contributed by atoms with Crippen molar-refractivity contribution in [3.8, 4) is 5.75 Å². The van der Waals surface area contributed by atoms with Crippen LogP contribution in [0.1, 0.15) is 30.9 Å². The Morgan fingerprint density at radius 3 is 2.53 bits per heavy atom. The number of benzene rings is 1. The Hall–Kier alpha value is -1.06. The summed E-state index contributed by atoms with van der Waals surface area (Å²) in [4.78, 5) is 2.06. The molecule has 1 saturated carbocycles. The molecule has 94 valence electrons. The highest BCUT2D eigenvalue weighted by atomic mass is 16.3. The van der Waals surface area contributed by atoms with Gasteiger partial charge in [0.2, 0.25) is 0 Å². The van der Waals surface area contributed by atoms with E-state index in [9.17, 15) is 5.11 Å². The second kappa shape index (κ2) is 4.31. The minimum Gasteiger partial charge on any atom is -0.508 e. The van der Waals surface area contributed by atoms with Crippen LogP contribution in [0.2, 0.25) is 0 Å². The molecule has 0 aromatic heterocycles. The predicted octanol–water partition coefficient (Wildman–Crippen LogP) is 1.83. The van der Waals surface area contributed by atoms with Crippen LogP contribution in [-0.2, 0) is 12.0 Å². The maximum absolute atomic E-state index is 9.85. The van der Waals surface area contributed by atoms with Crippen LogP contribution in [0.15, 0.2) is 18.2 Å². The maximum atomic E-state index is 9.85. The van der Waals surface area contributed by atoms with E-state index in [4.69, 9.17) is 5.73 Å². The highest BCUT2D eigenvalue weighted by molar-refractivity contribution is 5.42. The Labute approximate surface area is 103 Å². The van der Waals surface area contributed by atoms with E-state index in [1.165, 1.54) is 5.56 Å². The van der Waals surface area contributed by atoms with Crippen molar-refractivity contribution in [1.29, 1.82) is 0 Å². The summed E-state index contributed by atoms with van der Waals surface area (Å²) in [6.45, 7) is 2.83.